The van der Waals surface area contributed by atoms with Crippen LogP contribution in [0.25, 0.3) is 0 Å². The summed E-state index contributed by atoms with van der Waals surface area (Å²) in [5.74, 6) is 0.908. The van der Waals surface area contributed by atoms with E-state index in [9.17, 15) is 0 Å². The van der Waals surface area contributed by atoms with Crippen molar-refractivity contribution in [3.05, 3.63) is 16.6 Å². The number of aromatic nitrogens is 1. The van der Waals surface area contributed by atoms with Crippen LogP contribution in [-0.2, 0) is 0 Å². The molecule has 1 aromatic heterocycles. The van der Waals surface area contributed by atoms with Gasteiger partial charge < -0.3 is 10.2 Å². The van der Waals surface area contributed by atoms with E-state index in [-0.39, 0.29) is 0 Å². The zero-order chi connectivity index (χ0) is 11.5. The Bertz CT molecular complexity index is 304. The number of rotatable bonds is 6. The summed E-state index contributed by atoms with van der Waals surface area (Å²) >= 11 is 1.67. The molecule has 1 fully saturated rings. The zero-order valence-electron chi connectivity index (χ0n) is 10.3. The van der Waals surface area contributed by atoms with Crippen molar-refractivity contribution < 1.29 is 0 Å². The molecule has 1 aliphatic carbocycles. The highest BCUT2D eigenvalue weighted by Gasteiger charge is 2.32. The highest BCUT2D eigenvalue weighted by atomic mass is 32.1. The monoisotopic (exact) mass is 239 g/mol. The molecular formula is C12H21N3S. The first-order chi connectivity index (χ1) is 7.68. The Morgan fingerprint density at radius 2 is 2.31 bits per heavy atom. The second-order valence-electron chi connectivity index (χ2n) is 4.91. The fourth-order valence-electron chi connectivity index (χ4n) is 2.09. The van der Waals surface area contributed by atoms with Gasteiger partial charge >= 0.3 is 0 Å². The molecule has 1 aromatic rings. The molecule has 16 heavy (non-hydrogen) atoms. The number of likely N-dealkylation sites (N-methyl/N-ethyl adjacent to an activating group) is 1. The van der Waals surface area contributed by atoms with Crippen LogP contribution in [0, 0.1) is 5.92 Å². The molecule has 1 aliphatic rings. The SMILES string of the molecule is CC(NCC(C1CC1)N(C)C)c1cscn1. The lowest BCUT2D eigenvalue weighted by atomic mass is 10.1. The van der Waals surface area contributed by atoms with Crippen LogP contribution in [0.2, 0.25) is 0 Å². The molecule has 2 unspecified atom stereocenters. The number of hydrogen-bond acceptors (Lipinski definition) is 4. The molecule has 0 amide bonds. The minimum Gasteiger partial charge on any atom is -0.307 e. The van der Waals surface area contributed by atoms with Gasteiger partial charge in [-0.3, -0.25) is 0 Å². The van der Waals surface area contributed by atoms with Crippen molar-refractivity contribution in [2.45, 2.75) is 31.8 Å². The van der Waals surface area contributed by atoms with Gasteiger partial charge in [-0.25, -0.2) is 4.98 Å². The van der Waals surface area contributed by atoms with Gasteiger partial charge in [-0.15, -0.1) is 11.3 Å². The molecule has 0 bridgehead atoms. The average Bonchev–Trinajstić information content (AvgIpc) is 2.93. The van der Waals surface area contributed by atoms with E-state index < -0.39 is 0 Å². The third-order valence-electron chi connectivity index (χ3n) is 3.36. The van der Waals surface area contributed by atoms with Crippen molar-refractivity contribution in [2.24, 2.45) is 5.92 Å². The van der Waals surface area contributed by atoms with Gasteiger partial charge in [-0.2, -0.15) is 0 Å². The van der Waals surface area contributed by atoms with Crippen molar-refractivity contribution >= 4 is 11.3 Å². The van der Waals surface area contributed by atoms with Crippen LogP contribution in [-0.4, -0.2) is 36.6 Å². The maximum atomic E-state index is 4.34. The van der Waals surface area contributed by atoms with Crippen LogP contribution in [0.4, 0.5) is 0 Å². The quantitative estimate of drug-likeness (QED) is 0.824. The summed E-state index contributed by atoms with van der Waals surface area (Å²) in [6, 6.07) is 1.05. The van der Waals surface area contributed by atoms with Gasteiger partial charge in [0.15, 0.2) is 0 Å². The summed E-state index contributed by atoms with van der Waals surface area (Å²) in [6.45, 7) is 3.25. The fourth-order valence-corrected chi connectivity index (χ4v) is 2.74. The van der Waals surface area contributed by atoms with Gasteiger partial charge in [0, 0.05) is 24.0 Å². The van der Waals surface area contributed by atoms with Crippen molar-refractivity contribution in [3.63, 3.8) is 0 Å². The Kier molecular flexibility index (Phi) is 3.95. The predicted molar refractivity (Wildman–Crippen MR) is 68.7 cm³/mol. The van der Waals surface area contributed by atoms with Crippen molar-refractivity contribution in [2.75, 3.05) is 20.6 Å². The molecular weight excluding hydrogens is 218 g/mol. The van der Waals surface area contributed by atoms with E-state index in [0.29, 0.717) is 12.1 Å². The Labute approximate surface area is 102 Å². The Morgan fingerprint density at radius 1 is 1.56 bits per heavy atom. The molecule has 0 spiro atoms. The summed E-state index contributed by atoms with van der Waals surface area (Å²) in [7, 11) is 4.36. The third-order valence-corrected chi connectivity index (χ3v) is 3.96. The van der Waals surface area contributed by atoms with Crippen LogP contribution >= 0.6 is 11.3 Å². The first kappa shape index (κ1) is 12.0. The van der Waals surface area contributed by atoms with Crippen LogP contribution in [0.1, 0.15) is 31.5 Å². The second kappa shape index (κ2) is 5.25. The molecule has 1 heterocycles. The molecule has 0 radical (unpaired) electrons. The molecule has 0 saturated heterocycles. The summed E-state index contributed by atoms with van der Waals surface area (Å²) in [5.41, 5.74) is 3.07. The molecule has 0 aromatic carbocycles. The van der Waals surface area contributed by atoms with Gasteiger partial charge in [0.25, 0.3) is 0 Å². The average molecular weight is 239 g/mol. The molecule has 2 rings (SSSR count). The highest BCUT2D eigenvalue weighted by Crippen LogP contribution is 2.34. The predicted octanol–water partition coefficient (Wildman–Crippen LogP) is 2.13. The minimum absolute atomic E-state index is 0.368. The van der Waals surface area contributed by atoms with E-state index in [2.05, 4.69) is 41.6 Å². The normalized spacial score (nSPS) is 20.0. The standard InChI is InChI=1S/C12H21N3S/c1-9(11-7-16-8-14-11)13-6-12(15(2)3)10-4-5-10/h7-10,12-13H,4-6H2,1-3H3. The fraction of sp³-hybridized carbons (Fsp3) is 0.750. The molecule has 0 aliphatic heterocycles. The Balaban J connectivity index is 1.81. The maximum Gasteiger partial charge on any atom is 0.0795 e. The smallest absolute Gasteiger partial charge is 0.0795 e. The Morgan fingerprint density at radius 3 is 2.81 bits per heavy atom. The van der Waals surface area contributed by atoms with Gasteiger partial charge in [-0.1, -0.05) is 0 Å². The van der Waals surface area contributed by atoms with Gasteiger partial charge in [-0.05, 0) is 39.8 Å². The Hall–Kier alpha value is -0.450. The van der Waals surface area contributed by atoms with Gasteiger partial charge in [0.05, 0.1) is 11.2 Å². The lowest BCUT2D eigenvalue weighted by Crippen LogP contribution is -2.40. The molecule has 90 valence electrons. The molecule has 4 heteroatoms. The lowest BCUT2D eigenvalue weighted by molar-refractivity contribution is 0.249. The number of thiazole rings is 1. The van der Waals surface area contributed by atoms with Crippen molar-refractivity contribution in [1.29, 1.82) is 0 Å². The van der Waals surface area contributed by atoms with E-state index >= 15 is 0 Å². The van der Waals surface area contributed by atoms with Crippen LogP contribution in [0.15, 0.2) is 10.9 Å². The maximum absolute atomic E-state index is 4.34. The first-order valence-corrected chi connectivity index (χ1v) is 6.90. The van der Waals surface area contributed by atoms with E-state index in [1.165, 1.54) is 18.5 Å². The molecule has 2 atom stereocenters. The minimum atomic E-state index is 0.368. The van der Waals surface area contributed by atoms with Crippen LogP contribution < -0.4 is 5.32 Å². The molecule has 1 saturated carbocycles. The number of nitrogens with one attached hydrogen (secondary N) is 1. The van der Waals surface area contributed by atoms with E-state index in [4.69, 9.17) is 0 Å². The van der Waals surface area contributed by atoms with E-state index in [1.807, 2.05) is 5.51 Å². The largest absolute Gasteiger partial charge is 0.307 e. The zero-order valence-corrected chi connectivity index (χ0v) is 11.1. The summed E-state index contributed by atoms with van der Waals surface area (Å²) < 4.78 is 0. The van der Waals surface area contributed by atoms with Crippen molar-refractivity contribution in [3.8, 4) is 0 Å². The number of hydrogen-bond donors (Lipinski definition) is 1. The first-order valence-electron chi connectivity index (χ1n) is 5.96. The van der Waals surface area contributed by atoms with Crippen LogP contribution in [0.5, 0.6) is 0 Å². The topological polar surface area (TPSA) is 28.2 Å². The second-order valence-corrected chi connectivity index (χ2v) is 5.63. The van der Waals surface area contributed by atoms with Gasteiger partial charge in [0.1, 0.15) is 0 Å². The molecule has 1 N–H and O–H groups in total. The summed E-state index contributed by atoms with van der Waals surface area (Å²) in [5, 5.41) is 5.71. The van der Waals surface area contributed by atoms with Gasteiger partial charge in [0.2, 0.25) is 0 Å². The summed E-state index contributed by atoms with van der Waals surface area (Å²) in [6.07, 6.45) is 2.80. The van der Waals surface area contributed by atoms with Crippen molar-refractivity contribution in [1.82, 2.24) is 15.2 Å². The highest BCUT2D eigenvalue weighted by molar-refractivity contribution is 7.07. The molecule has 3 nitrogen and oxygen atoms in total. The van der Waals surface area contributed by atoms with E-state index in [1.54, 1.807) is 11.3 Å². The van der Waals surface area contributed by atoms with Crippen LogP contribution in [0.3, 0.4) is 0 Å². The summed E-state index contributed by atoms with van der Waals surface area (Å²) in [4.78, 5) is 6.69. The number of nitrogens with zero attached hydrogens (tertiary/aromatic N) is 2. The van der Waals surface area contributed by atoms with E-state index in [0.717, 1.165) is 12.5 Å². The third kappa shape index (κ3) is 3.03. The lowest BCUT2D eigenvalue weighted by Gasteiger charge is -2.26.